The highest BCUT2D eigenvalue weighted by molar-refractivity contribution is 7.98. The van der Waals surface area contributed by atoms with Gasteiger partial charge in [-0.25, -0.2) is 4.98 Å². The molecule has 1 heterocycles. The van der Waals surface area contributed by atoms with Crippen LogP contribution < -0.4 is 0 Å². The van der Waals surface area contributed by atoms with Crippen LogP contribution in [0.1, 0.15) is 28.4 Å². The lowest BCUT2D eigenvalue weighted by atomic mass is 10.1. The summed E-state index contributed by atoms with van der Waals surface area (Å²) in [5.41, 5.74) is 2.71. The molecule has 2 aromatic carbocycles. The number of hydrogen-bond donors (Lipinski definition) is 1. The van der Waals surface area contributed by atoms with E-state index in [9.17, 15) is 4.79 Å². The van der Waals surface area contributed by atoms with Crippen LogP contribution in [0.4, 0.5) is 0 Å². The zero-order valence-corrected chi connectivity index (χ0v) is 17.0. The van der Waals surface area contributed by atoms with E-state index in [1.807, 2.05) is 37.3 Å². The van der Waals surface area contributed by atoms with Gasteiger partial charge >= 0.3 is 0 Å². The van der Waals surface area contributed by atoms with Crippen LogP contribution in [-0.2, 0) is 12.3 Å². The van der Waals surface area contributed by atoms with E-state index >= 15 is 0 Å². The normalized spacial score (nSPS) is 10.8. The van der Waals surface area contributed by atoms with E-state index in [2.05, 4.69) is 15.2 Å². The Balaban J connectivity index is 1.64. The molecule has 0 saturated carbocycles. The average molecular weight is 421 g/mol. The predicted molar refractivity (Wildman–Crippen MR) is 109 cm³/mol. The zero-order chi connectivity index (χ0) is 19.2. The number of carbonyl (C=O) groups is 1. The van der Waals surface area contributed by atoms with Gasteiger partial charge in [0.2, 0.25) is 0 Å². The first-order chi connectivity index (χ1) is 13.1. The van der Waals surface area contributed by atoms with E-state index < -0.39 is 0 Å². The first kappa shape index (κ1) is 19.7. The van der Waals surface area contributed by atoms with E-state index in [1.165, 1.54) is 6.33 Å². The lowest BCUT2D eigenvalue weighted by molar-refractivity contribution is 0.0752. The van der Waals surface area contributed by atoms with Crippen molar-refractivity contribution < 1.29 is 4.79 Å². The fourth-order valence-electron chi connectivity index (χ4n) is 2.53. The van der Waals surface area contributed by atoms with E-state index in [0.29, 0.717) is 28.7 Å². The van der Waals surface area contributed by atoms with Gasteiger partial charge in [-0.2, -0.15) is 5.10 Å². The maximum atomic E-state index is 12.8. The number of benzene rings is 2. The SMILES string of the molecule is CCN(Cc1ccc(Cl)c(Cl)c1)C(=O)c1ccc(CSc2ncn[nH]2)cc1. The van der Waals surface area contributed by atoms with Crippen LogP contribution in [0.2, 0.25) is 10.0 Å². The van der Waals surface area contributed by atoms with Gasteiger partial charge in [0.05, 0.1) is 10.0 Å². The lowest BCUT2D eigenvalue weighted by Gasteiger charge is -2.21. The molecule has 0 aliphatic carbocycles. The summed E-state index contributed by atoms with van der Waals surface area (Å²) in [6.07, 6.45) is 1.48. The van der Waals surface area contributed by atoms with Crippen LogP contribution in [0.5, 0.6) is 0 Å². The summed E-state index contributed by atoms with van der Waals surface area (Å²) in [7, 11) is 0. The van der Waals surface area contributed by atoms with Crippen molar-refractivity contribution in [2.24, 2.45) is 0 Å². The van der Waals surface area contributed by atoms with E-state index in [1.54, 1.807) is 28.8 Å². The van der Waals surface area contributed by atoms with Crippen molar-refractivity contribution in [1.29, 1.82) is 0 Å². The van der Waals surface area contributed by atoms with Gasteiger partial charge in [0.25, 0.3) is 5.91 Å². The molecule has 0 bridgehead atoms. The number of rotatable bonds is 7. The number of aromatic nitrogens is 3. The van der Waals surface area contributed by atoms with E-state index in [0.717, 1.165) is 22.0 Å². The fourth-order valence-corrected chi connectivity index (χ4v) is 3.58. The standard InChI is InChI=1S/C19H18Cl2N4OS/c1-2-25(10-14-5-8-16(20)17(21)9-14)18(26)15-6-3-13(4-7-15)11-27-19-22-12-23-24-19/h3-9,12H,2,10-11H2,1H3,(H,22,23,24). The molecule has 3 rings (SSSR count). The highest BCUT2D eigenvalue weighted by atomic mass is 35.5. The minimum Gasteiger partial charge on any atom is -0.335 e. The smallest absolute Gasteiger partial charge is 0.254 e. The summed E-state index contributed by atoms with van der Waals surface area (Å²) >= 11 is 13.6. The van der Waals surface area contributed by atoms with E-state index in [4.69, 9.17) is 23.2 Å². The Bertz CT molecular complexity index is 901. The molecule has 140 valence electrons. The van der Waals surface area contributed by atoms with Gasteiger partial charge in [-0.05, 0) is 42.3 Å². The second-order valence-electron chi connectivity index (χ2n) is 5.84. The van der Waals surface area contributed by atoms with Crippen LogP contribution >= 0.6 is 35.0 Å². The molecule has 1 aromatic heterocycles. The Kier molecular flexibility index (Phi) is 6.77. The topological polar surface area (TPSA) is 61.9 Å². The molecule has 3 aromatic rings. The third-order valence-electron chi connectivity index (χ3n) is 4.00. The molecule has 0 spiro atoms. The van der Waals surface area contributed by atoms with Gasteiger partial charge < -0.3 is 4.90 Å². The third kappa shape index (κ3) is 5.25. The maximum absolute atomic E-state index is 12.8. The number of thioether (sulfide) groups is 1. The van der Waals surface area contributed by atoms with Crippen molar-refractivity contribution in [3.63, 3.8) is 0 Å². The Morgan fingerprint density at radius 2 is 1.85 bits per heavy atom. The lowest BCUT2D eigenvalue weighted by Crippen LogP contribution is -2.30. The van der Waals surface area contributed by atoms with Gasteiger partial charge in [0, 0.05) is 24.4 Å². The second-order valence-corrected chi connectivity index (χ2v) is 7.62. The predicted octanol–water partition coefficient (Wildman–Crippen LogP) is 5.07. The monoisotopic (exact) mass is 420 g/mol. The summed E-state index contributed by atoms with van der Waals surface area (Å²) in [4.78, 5) is 18.7. The summed E-state index contributed by atoms with van der Waals surface area (Å²) < 4.78 is 0. The number of hydrogen-bond acceptors (Lipinski definition) is 4. The van der Waals surface area contributed by atoms with Crippen LogP contribution in [-0.4, -0.2) is 32.5 Å². The van der Waals surface area contributed by atoms with Gasteiger partial charge in [0.15, 0.2) is 5.16 Å². The van der Waals surface area contributed by atoms with Crippen LogP contribution in [0.25, 0.3) is 0 Å². The molecule has 0 unspecified atom stereocenters. The van der Waals surface area contributed by atoms with Crippen molar-refractivity contribution in [2.75, 3.05) is 6.54 Å². The molecule has 27 heavy (non-hydrogen) atoms. The Labute approximate surface area is 172 Å². The quantitative estimate of drug-likeness (QED) is 0.542. The number of aromatic amines is 1. The van der Waals surface area contributed by atoms with Crippen molar-refractivity contribution in [2.45, 2.75) is 24.4 Å². The highest BCUT2D eigenvalue weighted by Crippen LogP contribution is 2.24. The second kappa shape index (κ2) is 9.26. The Morgan fingerprint density at radius 1 is 1.11 bits per heavy atom. The van der Waals surface area contributed by atoms with Gasteiger partial charge in [-0.15, -0.1) is 0 Å². The Morgan fingerprint density at radius 3 is 2.48 bits per heavy atom. The summed E-state index contributed by atoms with van der Waals surface area (Å²) in [5, 5.41) is 8.41. The summed E-state index contributed by atoms with van der Waals surface area (Å²) in [5.74, 6) is 0.739. The first-order valence-corrected chi connectivity index (χ1v) is 10.1. The summed E-state index contributed by atoms with van der Waals surface area (Å²) in [6, 6.07) is 13.1. The van der Waals surface area contributed by atoms with Gasteiger partial charge in [-0.3, -0.25) is 9.89 Å². The average Bonchev–Trinajstić information content (AvgIpc) is 3.21. The Hall–Kier alpha value is -2.02. The minimum absolute atomic E-state index is 0.0157. The molecule has 1 N–H and O–H groups in total. The molecule has 8 heteroatoms. The number of nitrogens with zero attached hydrogens (tertiary/aromatic N) is 3. The molecule has 0 radical (unpaired) electrons. The minimum atomic E-state index is -0.0157. The number of halogens is 2. The number of nitrogens with one attached hydrogen (secondary N) is 1. The molecule has 0 aliphatic heterocycles. The third-order valence-corrected chi connectivity index (χ3v) is 5.68. The van der Waals surface area contributed by atoms with Crippen LogP contribution in [0.3, 0.4) is 0 Å². The molecule has 0 saturated heterocycles. The molecule has 0 atom stereocenters. The van der Waals surface area contributed by atoms with E-state index in [-0.39, 0.29) is 5.91 Å². The first-order valence-electron chi connectivity index (χ1n) is 8.37. The molecule has 5 nitrogen and oxygen atoms in total. The highest BCUT2D eigenvalue weighted by Gasteiger charge is 2.15. The van der Waals surface area contributed by atoms with Gasteiger partial charge in [0.1, 0.15) is 6.33 Å². The molecule has 0 fully saturated rings. The van der Waals surface area contributed by atoms with Crippen LogP contribution in [0.15, 0.2) is 53.9 Å². The molecule has 1 amide bonds. The van der Waals surface area contributed by atoms with Crippen molar-refractivity contribution >= 4 is 40.9 Å². The number of carbonyl (C=O) groups excluding carboxylic acids is 1. The summed E-state index contributed by atoms with van der Waals surface area (Å²) in [6.45, 7) is 3.04. The van der Waals surface area contributed by atoms with Crippen molar-refractivity contribution in [3.05, 3.63) is 75.5 Å². The molecule has 0 aliphatic rings. The zero-order valence-electron chi connectivity index (χ0n) is 14.7. The number of H-pyrrole nitrogens is 1. The van der Waals surface area contributed by atoms with Crippen molar-refractivity contribution in [1.82, 2.24) is 20.1 Å². The maximum Gasteiger partial charge on any atom is 0.254 e. The number of amides is 1. The van der Waals surface area contributed by atoms with Crippen LogP contribution in [0, 0.1) is 0 Å². The molecular formula is C19H18Cl2N4OS. The fraction of sp³-hybridized carbons (Fsp3) is 0.211. The largest absolute Gasteiger partial charge is 0.335 e. The van der Waals surface area contributed by atoms with Gasteiger partial charge in [-0.1, -0.05) is 53.2 Å². The molecular weight excluding hydrogens is 403 g/mol. The van der Waals surface area contributed by atoms with Crippen molar-refractivity contribution in [3.8, 4) is 0 Å².